The molecule has 2 bridgehead atoms. The molecular weight excluding hydrogens is 272 g/mol. The molecule has 0 heterocycles. The Labute approximate surface area is 116 Å². The van der Waals surface area contributed by atoms with Gasteiger partial charge < -0.3 is 0 Å². The predicted octanol–water partition coefficient (Wildman–Crippen LogP) is 5.26. The lowest BCUT2D eigenvalue weighted by Crippen LogP contribution is -2.27. The molecule has 0 amide bonds. The average molecular weight is 295 g/mol. The van der Waals surface area contributed by atoms with Crippen LogP contribution in [0.3, 0.4) is 0 Å². The summed E-state index contributed by atoms with van der Waals surface area (Å²) >= 11 is 0. The first-order valence-corrected chi connectivity index (χ1v) is 6.26. The first-order chi connectivity index (χ1) is 7.56. The fourth-order valence-corrected chi connectivity index (χ4v) is 2.91. The van der Waals surface area contributed by atoms with Crippen molar-refractivity contribution in [2.75, 3.05) is 0 Å². The Kier molecular flexibility index (Phi) is 4.60. The van der Waals surface area contributed by atoms with E-state index in [-0.39, 0.29) is 17.0 Å². The number of hydrogen-bond donors (Lipinski definition) is 0. The number of rotatable bonds is 0. The summed E-state index contributed by atoms with van der Waals surface area (Å²) in [6.45, 7) is 7.21. The van der Waals surface area contributed by atoms with Gasteiger partial charge in [-0.05, 0) is 29.6 Å². The van der Waals surface area contributed by atoms with E-state index in [1.54, 1.807) is 0 Å². The molecule has 17 heavy (non-hydrogen) atoms. The SMILES string of the molecule is Br.CC12C=CC(CC1)C2(C)C.c1ccccc1. The molecule has 0 radical (unpaired) electrons. The van der Waals surface area contributed by atoms with E-state index in [9.17, 15) is 0 Å². The van der Waals surface area contributed by atoms with Crippen molar-refractivity contribution in [2.24, 2.45) is 16.7 Å². The molecule has 2 aliphatic carbocycles. The smallest absolute Gasteiger partial charge is 0.00895 e. The topological polar surface area (TPSA) is 0 Å². The van der Waals surface area contributed by atoms with Crippen LogP contribution in [0, 0.1) is 16.7 Å². The Morgan fingerprint density at radius 3 is 1.47 bits per heavy atom. The van der Waals surface area contributed by atoms with Gasteiger partial charge in [0.15, 0.2) is 0 Å². The van der Waals surface area contributed by atoms with Gasteiger partial charge in [-0.1, -0.05) is 69.3 Å². The monoisotopic (exact) mass is 294 g/mol. The molecule has 1 aromatic carbocycles. The van der Waals surface area contributed by atoms with Crippen LogP contribution in [-0.4, -0.2) is 0 Å². The largest absolute Gasteiger partial charge is 0.114 e. The molecule has 1 fully saturated rings. The van der Waals surface area contributed by atoms with Crippen molar-refractivity contribution < 1.29 is 0 Å². The van der Waals surface area contributed by atoms with Crippen LogP contribution < -0.4 is 0 Å². The third-order valence-electron chi connectivity index (χ3n) is 4.74. The summed E-state index contributed by atoms with van der Waals surface area (Å²) in [4.78, 5) is 0. The maximum atomic E-state index is 2.43. The van der Waals surface area contributed by atoms with Gasteiger partial charge in [-0.25, -0.2) is 0 Å². The molecule has 2 atom stereocenters. The minimum absolute atomic E-state index is 0. The molecule has 0 spiro atoms. The van der Waals surface area contributed by atoms with Gasteiger partial charge in [0.25, 0.3) is 0 Å². The second-order valence-corrected chi connectivity index (χ2v) is 5.80. The van der Waals surface area contributed by atoms with Gasteiger partial charge in [0.1, 0.15) is 0 Å². The maximum absolute atomic E-state index is 2.43. The highest BCUT2D eigenvalue weighted by atomic mass is 79.9. The number of halogens is 1. The van der Waals surface area contributed by atoms with E-state index in [2.05, 4.69) is 32.9 Å². The normalized spacial score (nSPS) is 31.4. The molecule has 2 aliphatic rings. The molecule has 2 unspecified atom stereocenters. The van der Waals surface area contributed by atoms with Crippen molar-refractivity contribution in [3.63, 3.8) is 0 Å². The van der Waals surface area contributed by atoms with Crippen LogP contribution in [0.25, 0.3) is 0 Å². The minimum atomic E-state index is 0. The number of hydrogen-bond acceptors (Lipinski definition) is 0. The van der Waals surface area contributed by atoms with Crippen molar-refractivity contribution in [2.45, 2.75) is 33.6 Å². The second-order valence-electron chi connectivity index (χ2n) is 5.80. The molecule has 1 heteroatoms. The molecule has 0 N–H and O–H groups in total. The lowest BCUT2D eigenvalue weighted by atomic mass is 9.71. The van der Waals surface area contributed by atoms with Gasteiger partial charge in [0, 0.05) is 0 Å². The van der Waals surface area contributed by atoms with Crippen molar-refractivity contribution >= 4 is 17.0 Å². The van der Waals surface area contributed by atoms with Gasteiger partial charge in [-0.3, -0.25) is 0 Å². The number of benzene rings is 1. The molecule has 0 saturated heterocycles. The molecule has 1 aromatic rings. The lowest BCUT2D eigenvalue weighted by Gasteiger charge is -2.33. The quantitative estimate of drug-likeness (QED) is 0.572. The summed E-state index contributed by atoms with van der Waals surface area (Å²) in [5, 5.41) is 0. The molecule has 3 rings (SSSR count). The van der Waals surface area contributed by atoms with E-state index in [0.29, 0.717) is 10.8 Å². The highest BCUT2D eigenvalue weighted by molar-refractivity contribution is 8.93. The maximum Gasteiger partial charge on any atom is -0.00895 e. The Morgan fingerprint density at radius 2 is 1.35 bits per heavy atom. The molecule has 0 aromatic heterocycles. The van der Waals surface area contributed by atoms with Gasteiger partial charge in [-0.15, -0.1) is 17.0 Å². The van der Waals surface area contributed by atoms with Gasteiger partial charge in [0.05, 0.1) is 0 Å². The zero-order chi connectivity index (χ0) is 11.6. The van der Waals surface area contributed by atoms with Crippen molar-refractivity contribution in [1.82, 2.24) is 0 Å². The highest BCUT2D eigenvalue weighted by Gasteiger charge is 2.52. The first-order valence-electron chi connectivity index (χ1n) is 6.26. The van der Waals surface area contributed by atoms with Crippen LogP contribution >= 0.6 is 17.0 Å². The summed E-state index contributed by atoms with van der Waals surface area (Å²) in [6, 6.07) is 12.0. The first kappa shape index (κ1) is 14.5. The van der Waals surface area contributed by atoms with Crippen LogP contribution in [0.1, 0.15) is 33.6 Å². The van der Waals surface area contributed by atoms with Crippen LogP contribution in [0.15, 0.2) is 48.6 Å². The van der Waals surface area contributed by atoms with Crippen LogP contribution in [0.4, 0.5) is 0 Å². The summed E-state index contributed by atoms with van der Waals surface area (Å²) in [6.07, 6.45) is 7.67. The zero-order valence-electron chi connectivity index (χ0n) is 11.0. The second kappa shape index (κ2) is 5.39. The fraction of sp³-hybridized carbons (Fsp3) is 0.500. The van der Waals surface area contributed by atoms with E-state index < -0.39 is 0 Å². The molecule has 0 aliphatic heterocycles. The van der Waals surface area contributed by atoms with Crippen LogP contribution in [-0.2, 0) is 0 Å². The van der Waals surface area contributed by atoms with Crippen molar-refractivity contribution in [3.8, 4) is 0 Å². The summed E-state index contributed by atoms with van der Waals surface area (Å²) in [7, 11) is 0. The molecule has 0 nitrogen and oxygen atoms in total. The van der Waals surface area contributed by atoms with Crippen LogP contribution in [0.2, 0.25) is 0 Å². The van der Waals surface area contributed by atoms with E-state index in [0.717, 1.165) is 5.92 Å². The van der Waals surface area contributed by atoms with E-state index in [1.807, 2.05) is 36.4 Å². The summed E-state index contributed by atoms with van der Waals surface area (Å²) in [5.74, 6) is 0.873. The lowest BCUT2D eigenvalue weighted by molar-refractivity contribution is 0.182. The molecule has 94 valence electrons. The zero-order valence-corrected chi connectivity index (χ0v) is 12.7. The average Bonchev–Trinajstić information content (AvgIpc) is 2.66. The van der Waals surface area contributed by atoms with Crippen molar-refractivity contribution in [1.29, 1.82) is 0 Å². The van der Waals surface area contributed by atoms with Gasteiger partial charge in [0.2, 0.25) is 0 Å². The Balaban J connectivity index is 0.000000180. The van der Waals surface area contributed by atoms with Crippen LogP contribution in [0.5, 0.6) is 0 Å². The Morgan fingerprint density at radius 1 is 0.882 bits per heavy atom. The Bertz CT molecular complexity index is 340. The number of allylic oxidation sites excluding steroid dienone is 2. The molecular formula is C16H23Br. The van der Waals surface area contributed by atoms with Crippen molar-refractivity contribution in [3.05, 3.63) is 48.6 Å². The van der Waals surface area contributed by atoms with Gasteiger partial charge in [-0.2, -0.15) is 0 Å². The summed E-state index contributed by atoms with van der Waals surface area (Å²) < 4.78 is 0. The van der Waals surface area contributed by atoms with Gasteiger partial charge >= 0.3 is 0 Å². The van der Waals surface area contributed by atoms with E-state index in [4.69, 9.17) is 0 Å². The highest BCUT2D eigenvalue weighted by Crippen LogP contribution is 2.61. The summed E-state index contributed by atoms with van der Waals surface area (Å²) in [5.41, 5.74) is 1.07. The third kappa shape index (κ3) is 2.65. The van der Waals surface area contributed by atoms with E-state index >= 15 is 0 Å². The third-order valence-corrected chi connectivity index (χ3v) is 4.74. The Hall–Kier alpha value is -0.560. The molecule has 1 saturated carbocycles. The fourth-order valence-electron chi connectivity index (χ4n) is 2.91. The predicted molar refractivity (Wildman–Crippen MR) is 80.5 cm³/mol. The van der Waals surface area contributed by atoms with E-state index in [1.165, 1.54) is 12.8 Å². The number of fused-ring (bicyclic) bond motifs is 2. The standard InChI is InChI=1S/C10H16.C6H6.BrH/c1-9(2)8-4-6-10(9,3)7-5-8;1-2-4-6-5-3-1;/h4,6,8H,5,7H2,1-3H3;1-6H;1H. The minimum Gasteiger partial charge on any atom is -0.114 e.